The summed E-state index contributed by atoms with van der Waals surface area (Å²) in [6.45, 7) is 11.6. The summed E-state index contributed by atoms with van der Waals surface area (Å²) in [5.74, 6) is 0.0642. The summed E-state index contributed by atoms with van der Waals surface area (Å²) in [6.07, 6.45) is 10.5. The summed E-state index contributed by atoms with van der Waals surface area (Å²) in [7, 11) is -7.60. The Hall–Kier alpha value is -1.96. The molecule has 0 bridgehead atoms. The second kappa shape index (κ2) is 14.4. The Balaban J connectivity index is 0.00000281. The average Bonchev–Trinajstić information content (AvgIpc) is 3.17. The highest BCUT2D eigenvalue weighted by Gasteiger charge is 2.29. The van der Waals surface area contributed by atoms with Crippen molar-refractivity contribution in [3.05, 3.63) is 71.8 Å². The van der Waals surface area contributed by atoms with Crippen LogP contribution in [0.3, 0.4) is 0 Å². The van der Waals surface area contributed by atoms with Crippen molar-refractivity contribution in [2.24, 2.45) is 0 Å². The average molecular weight is 511 g/mol. The molecule has 7 nitrogen and oxygen atoms in total. The minimum absolute atomic E-state index is 0.0642. The lowest BCUT2D eigenvalue weighted by atomic mass is 10.0. The van der Waals surface area contributed by atoms with Gasteiger partial charge in [-0.15, -0.1) is 0 Å². The first kappa shape index (κ1) is 30.1. The molecule has 1 heterocycles. The second-order valence-corrected chi connectivity index (χ2v) is 11.4. The number of hydrogen-bond acceptors (Lipinski definition) is 3. The zero-order valence-electron chi connectivity index (χ0n) is 20.6. The van der Waals surface area contributed by atoms with Crippen molar-refractivity contribution in [2.75, 3.05) is 12.3 Å². The molecule has 2 rings (SSSR count). The summed E-state index contributed by atoms with van der Waals surface area (Å²) >= 11 is 0. The summed E-state index contributed by atoms with van der Waals surface area (Å²) in [4.78, 5) is 22.6. The molecule has 0 saturated heterocycles. The predicted octanol–water partition coefficient (Wildman–Crippen LogP) is 5.53. The van der Waals surface area contributed by atoms with E-state index in [-0.39, 0.29) is 11.8 Å². The zero-order chi connectivity index (χ0) is 25.8. The Kier molecular flexibility index (Phi) is 12.8. The fourth-order valence-corrected chi connectivity index (χ4v) is 5.73. The van der Waals surface area contributed by atoms with E-state index in [4.69, 9.17) is 0 Å². The maximum absolute atomic E-state index is 12.1. The van der Waals surface area contributed by atoms with Gasteiger partial charge in [-0.2, -0.15) is 0 Å². The number of allylic oxidation sites excluding steroid dienone is 4. The topological polar surface area (TPSA) is 111 Å². The van der Waals surface area contributed by atoms with Crippen molar-refractivity contribution in [1.29, 1.82) is 0 Å². The number of H-pyrrole nitrogens is 1. The van der Waals surface area contributed by atoms with E-state index < -0.39 is 17.6 Å². The maximum Gasteiger partial charge on any atom is 0.403 e. The molecule has 0 saturated carbocycles. The Bertz CT molecular complexity index is 1120. The van der Waals surface area contributed by atoms with Crippen LogP contribution in [-0.4, -0.2) is 46.2 Å². The van der Waals surface area contributed by atoms with E-state index in [0.717, 1.165) is 22.0 Å². The van der Waals surface area contributed by atoms with Crippen LogP contribution in [0.25, 0.3) is 10.9 Å². The number of nitrogens with one attached hydrogen (secondary N) is 1. The molecule has 0 aliphatic carbocycles. The monoisotopic (exact) mass is 510 g/mol. The molecule has 1 atom stereocenters. The van der Waals surface area contributed by atoms with Crippen molar-refractivity contribution in [1.82, 2.24) is 9.65 Å². The van der Waals surface area contributed by atoms with Gasteiger partial charge in [0.1, 0.15) is 0 Å². The van der Waals surface area contributed by atoms with Gasteiger partial charge in [0.2, 0.25) is 0 Å². The van der Waals surface area contributed by atoms with Crippen LogP contribution in [0, 0.1) is 0 Å². The standard InChI is InChI=1S/C23H33N2O5PS.C2H6/c1-4-6-7-8-14-32(29,30)15-9-10-20-11-12-23-22(17-20)21(18-24-23)16-19(3)25(13-5-2)31(26,27)28;1-2/h4,6-8,11-12,14,17-19,24H,1,5,9-10,13,15-16H2,2-3H3,(H2,26,27,28);1-2H3/b7-6-,14-8+;. The number of aromatic nitrogens is 1. The van der Waals surface area contributed by atoms with Crippen LogP contribution in [0.4, 0.5) is 0 Å². The van der Waals surface area contributed by atoms with Crippen molar-refractivity contribution >= 4 is 28.5 Å². The Morgan fingerprint density at radius 1 is 1.21 bits per heavy atom. The molecule has 0 amide bonds. The van der Waals surface area contributed by atoms with Crippen LogP contribution >= 0.6 is 7.75 Å². The van der Waals surface area contributed by atoms with Crippen LogP contribution in [0.1, 0.15) is 51.7 Å². The quantitative estimate of drug-likeness (QED) is 0.241. The van der Waals surface area contributed by atoms with E-state index in [1.807, 2.05) is 52.1 Å². The van der Waals surface area contributed by atoms with Crippen LogP contribution in [-0.2, 0) is 27.2 Å². The Morgan fingerprint density at radius 2 is 1.91 bits per heavy atom. The fraction of sp³-hybridized carbons (Fsp3) is 0.440. The van der Waals surface area contributed by atoms with Gasteiger partial charge in [0, 0.05) is 35.1 Å². The highest BCUT2D eigenvalue weighted by atomic mass is 32.2. The van der Waals surface area contributed by atoms with Gasteiger partial charge in [-0.1, -0.05) is 57.7 Å². The first-order chi connectivity index (χ1) is 16.1. The largest absolute Gasteiger partial charge is 0.403 e. The van der Waals surface area contributed by atoms with E-state index in [0.29, 0.717) is 32.2 Å². The van der Waals surface area contributed by atoms with Crippen LogP contribution in [0.15, 0.2) is 60.7 Å². The van der Waals surface area contributed by atoms with E-state index in [9.17, 15) is 22.8 Å². The third-order valence-electron chi connectivity index (χ3n) is 5.18. The zero-order valence-corrected chi connectivity index (χ0v) is 22.4. The summed E-state index contributed by atoms with van der Waals surface area (Å²) in [5, 5.41) is 2.21. The smallest absolute Gasteiger partial charge is 0.361 e. The number of rotatable bonds is 13. The number of hydrogen-bond donors (Lipinski definition) is 3. The third-order valence-corrected chi connectivity index (χ3v) is 7.87. The lowest BCUT2D eigenvalue weighted by Gasteiger charge is -2.28. The molecular weight excluding hydrogens is 471 g/mol. The predicted molar refractivity (Wildman–Crippen MR) is 142 cm³/mol. The van der Waals surface area contributed by atoms with Crippen molar-refractivity contribution < 1.29 is 22.8 Å². The van der Waals surface area contributed by atoms with Gasteiger partial charge in [0.05, 0.1) is 5.75 Å². The molecule has 1 aromatic carbocycles. The molecule has 190 valence electrons. The molecule has 3 N–H and O–H groups in total. The molecule has 1 aromatic heterocycles. The maximum atomic E-state index is 12.1. The van der Waals surface area contributed by atoms with Gasteiger partial charge in [0.15, 0.2) is 9.84 Å². The van der Waals surface area contributed by atoms with E-state index in [2.05, 4.69) is 11.6 Å². The second-order valence-electron chi connectivity index (χ2n) is 7.84. The first-order valence-electron chi connectivity index (χ1n) is 11.7. The van der Waals surface area contributed by atoms with Crippen molar-refractivity contribution in [2.45, 2.75) is 59.4 Å². The van der Waals surface area contributed by atoms with Gasteiger partial charge in [-0.25, -0.2) is 17.7 Å². The minimum Gasteiger partial charge on any atom is -0.361 e. The third kappa shape index (κ3) is 9.72. The first-order valence-corrected chi connectivity index (χ1v) is 15.0. The van der Waals surface area contributed by atoms with E-state index in [1.54, 1.807) is 18.2 Å². The number of aryl methyl sites for hydroxylation is 1. The lowest BCUT2D eigenvalue weighted by molar-refractivity contribution is 0.233. The fourth-order valence-electron chi connectivity index (χ4n) is 3.66. The molecule has 9 heteroatoms. The van der Waals surface area contributed by atoms with Gasteiger partial charge in [0.25, 0.3) is 0 Å². The van der Waals surface area contributed by atoms with Gasteiger partial charge < -0.3 is 14.8 Å². The number of aromatic amines is 1. The lowest BCUT2D eigenvalue weighted by Crippen LogP contribution is -2.32. The molecule has 0 spiro atoms. The van der Waals surface area contributed by atoms with Gasteiger partial charge >= 0.3 is 7.75 Å². The van der Waals surface area contributed by atoms with Crippen LogP contribution in [0.5, 0.6) is 0 Å². The molecule has 0 aliphatic heterocycles. The number of nitrogens with zero attached hydrogens (tertiary/aromatic N) is 1. The highest BCUT2D eigenvalue weighted by Crippen LogP contribution is 2.42. The number of benzene rings is 1. The molecule has 0 fully saturated rings. The molecule has 0 radical (unpaired) electrons. The molecule has 1 unspecified atom stereocenters. The minimum atomic E-state index is -4.33. The SMILES string of the molecule is C=C/C=C\C=C\S(=O)(=O)CCCc1ccc2[nH]cc(CC(C)N(CCC)P(=O)(O)O)c2c1.CC. The summed E-state index contributed by atoms with van der Waals surface area (Å²) in [5.41, 5.74) is 2.95. The van der Waals surface area contributed by atoms with Crippen molar-refractivity contribution in [3.63, 3.8) is 0 Å². The summed E-state index contributed by atoms with van der Waals surface area (Å²) in [6, 6.07) is 5.64. The Morgan fingerprint density at radius 3 is 2.53 bits per heavy atom. The number of fused-ring (bicyclic) bond motifs is 1. The molecular formula is C25H39N2O5PS. The normalized spacial score (nSPS) is 13.5. The highest BCUT2D eigenvalue weighted by molar-refractivity contribution is 7.94. The van der Waals surface area contributed by atoms with Crippen molar-refractivity contribution in [3.8, 4) is 0 Å². The van der Waals surface area contributed by atoms with Gasteiger partial charge in [-0.05, 0) is 55.9 Å². The van der Waals surface area contributed by atoms with Gasteiger partial charge in [-0.3, -0.25) is 0 Å². The van der Waals surface area contributed by atoms with Crippen LogP contribution < -0.4 is 0 Å². The Labute approximate surface area is 204 Å². The molecule has 34 heavy (non-hydrogen) atoms. The van der Waals surface area contributed by atoms with E-state index >= 15 is 0 Å². The number of sulfone groups is 1. The molecule has 0 aliphatic rings. The van der Waals surface area contributed by atoms with E-state index in [1.165, 1.54) is 16.2 Å². The molecule has 2 aromatic rings. The summed E-state index contributed by atoms with van der Waals surface area (Å²) < 4.78 is 37.3. The van der Waals surface area contributed by atoms with Crippen LogP contribution in [0.2, 0.25) is 0 Å².